The van der Waals surface area contributed by atoms with Crippen LogP contribution in [0, 0.1) is 17.6 Å². The van der Waals surface area contributed by atoms with Crippen LogP contribution in [0.4, 0.5) is 14.5 Å². The zero-order chi connectivity index (χ0) is 31.9. The second-order valence-corrected chi connectivity index (χ2v) is 12.4. The molecular formula is C31H37F2NO9S. The summed E-state index contributed by atoms with van der Waals surface area (Å²) < 4.78 is 67.4. The number of anilines is 1. The van der Waals surface area contributed by atoms with Crippen molar-refractivity contribution < 1.29 is 51.3 Å². The van der Waals surface area contributed by atoms with E-state index in [4.69, 9.17) is 13.7 Å². The van der Waals surface area contributed by atoms with Crippen molar-refractivity contribution >= 4 is 15.8 Å². The molecule has 0 saturated carbocycles. The third kappa shape index (κ3) is 9.41. The highest BCUT2D eigenvalue weighted by atomic mass is 32.2. The van der Waals surface area contributed by atoms with Gasteiger partial charge in [0.25, 0.3) is 0 Å². The molecule has 7 atom stereocenters. The molecule has 0 radical (unpaired) electrons. The topological polar surface area (TPSA) is 155 Å². The van der Waals surface area contributed by atoms with Crippen LogP contribution in [0.3, 0.4) is 0 Å². The fourth-order valence-corrected chi connectivity index (χ4v) is 6.15. The molecule has 3 aromatic carbocycles. The maximum Gasteiger partial charge on any atom is 0.311 e. The largest absolute Gasteiger partial charge is 0.388 e. The summed E-state index contributed by atoms with van der Waals surface area (Å²) in [6.07, 6.45) is -6.87. The van der Waals surface area contributed by atoms with Crippen LogP contribution in [0.25, 0.3) is 0 Å². The van der Waals surface area contributed by atoms with Gasteiger partial charge in [0.15, 0.2) is 6.29 Å². The number of hydrogen-bond acceptors (Lipinski definition) is 10. The first-order valence-corrected chi connectivity index (χ1v) is 15.7. The van der Waals surface area contributed by atoms with E-state index in [1.54, 1.807) is 36.4 Å². The van der Waals surface area contributed by atoms with Gasteiger partial charge in [-0.15, -0.1) is 0 Å². The van der Waals surface area contributed by atoms with Gasteiger partial charge in [0.05, 0.1) is 6.10 Å². The van der Waals surface area contributed by atoms with Gasteiger partial charge in [-0.25, -0.2) is 8.78 Å². The highest BCUT2D eigenvalue weighted by molar-refractivity contribution is 7.87. The molecule has 0 aliphatic carbocycles. The van der Waals surface area contributed by atoms with Crippen molar-refractivity contribution in [3.63, 3.8) is 0 Å². The van der Waals surface area contributed by atoms with Gasteiger partial charge in [0.2, 0.25) is 0 Å². The average molecular weight is 638 g/mol. The Balaban J connectivity index is 1.38. The Morgan fingerprint density at radius 3 is 2.09 bits per heavy atom. The fourth-order valence-electron chi connectivity index (χ4n) is 5.00. The van der Waals surface area contributed by atoms with Gasteiger partial charge in [-0.2, -0.15) is 8.42 Å². The Labute approximate surface area is 255 Å². The smallest absolute Gasteiger partial charge is 0.311 e. The van der Waals surface area contributed by atoms with Crippen LogP contribution in [0.15, 0.2) is 72.8 Å². The Hall–Kier alpha value is -3.17. The highest BCUT2D eigenvalue weighted by Crippen LogP contribution is 2.27. The zero-order valence-electron chi connectivity index (χ0n) is 24.0. The number of nitrogens with one attached hydrogen (secondary N) is 1. The molecule has 44 heavy (non-hydrogen) atoms. The number of aliphatic hydroxyl groups is 4. The number of hydrogen-bond donors (Lipinski definition) is 5. The second-order valence-electron chi connectivity index (χ2n) is 10.8. The Bertz CT molecular complexity index is 1420. The molecule has 13 heteroatoms. The lowest BCUT2D eigenvalue weighted by Crippen LogP contribution is -2.59. The molecule has 1 saturated heterocycles. The van der Waals surface area contributed by atoms with Gasteiger partial charge in [-0.05, 0) is 84.8 Å². The molecule has 1 aliphatic heterocycles. The third-order valence-electron chi connectivity index (χ3n) is 7.48. The van der Waals surface area contributed by atoms with Crippen LogP contribution in [0.1, 0.15) is 30.1 Å². The summed E-state index contributed by atoms with van der Waals surface area (Å²) in [6.45, 7) is 0.501. The maximum atomic E-state index is 13.3. The van der Waals surface area contributed by atoms with Crippen molar-refractivity contribution in [2.75, 3.05) is 24.7 Å². The number of aliphatic hydroxyl groups excluding tert-OH is 4. The van der Waals surface area contributed by atoms with Crippen LogP contribution in [-0.4, -0.2) is 79.0 Å². The standard InChI is InChI=1S/C31H37F2NO9S/c1-41-31-30(38)29(37)28(36)27(42-31)18-44(39,40)43-25-13-2-19(3-14-25)16-20(17-34-24-11-9-23(33)10-12-24)4-15-26(35)21-5-7-22(32)8-6-21/h2-3,5-14,20,26-31,34-38H,4,15-18H2,1H3/t20-,26+,27-,28-,29+,30-,31+/m1/s1. The average Bonchev–Trinajstić information content (AvgIpc) is 3.00. The van der Waals surface area contributed by atoms with Crippen LogP contribution < -0.4 is 9.50 Å². The molecule has 3 aromatic rings. The number of benzene rings is 3. The summed E-state index contributed by atoms with van der Waals surface area (Å²) in [5.41, 5.74) is 2.20. The summed E-state index contributed by atoms with van der Waals surface area (Å²) in [5, 5.41) is 44.0. The summed E-state index contributed by atoms with van der Waals surface area (Å²) >= 11 is 0. The summed E-state index contributed by atoms with van der Waals surface area (Å²) in [4.78, 5) is 0. The predicted molar refractivity (Wildman–Crippen MR) is 157 cm³/mol. The first-order valence-electron chi connectivity index (χ1n) is 14.1. The third-order valence-corrected chi connectivity index (χ3v) is 8.67. The fraction of sp³-hybridized carbons (Fsp3) is 0.419. The van der Waals surface area contributed by atoms with Gasteiger partial charge in [-0.3, -0.25) is 0 Å². The Morgan fingerprint density at radius 2 is 1.48 bits per heavy atom. The van der Waals surface area contributed by atoms with Gasteiger partial charge in [-0.1, -0.05) is 24.3 Å². The summed E-state index contributed by atoms with van der Waals surface area (Å²) in [5.74, 6) is -1.51. The van der Waals surface area contributed by atoms with Crippen molar-refractivity contribution in [1.29, 1.82) is 0 Å². The van der Waals surface area contributed by atoms with Crippen molar-refractivity contribution in [3.05, 3.63) is 95.6 Å². The molecule has 1 heterocycles. The van der Waals surface area contributed by atoms with Crippen molar-refractivity contribution in [2.45, 2.75) is 56.1 Å². The molecule has 1 aliphatic rings. The minimum absolute atomic E-state index is 0.00565. The molecular weight excluding hydrogens is 600 g/mol. The molecule has 0 bridgehead atoms. The quantitative estimate of drug-likeness (QED) is 0.167. The minimum atomic E-state index is -4.29. The molecule has 0 aromatic heterocycles. The van der Waals surface area contributed by atoms with Crippen LogP contribution >= 0.6 is 0 Å². The van der Waals surface area contributed by atoms with E-state index in [0.717, 1.165) is 11.3 Å². The monoisotopic (exact) mass is 637 g/mol. The highest BCUT2D eigenvalue weighted by Gasteiger charge is 2.45. The van der Waals surface area contributed by atoms with E-state index in [0.29, 0.717) is 31.4 Å². The number of rotatable bonds is 14. The molecule has 4 rings (SSSR count). The normalized spacial score (nSPS) is 23.6. The van der Waals surface area contributed by atoms with E-state index in [9.17, 15) is 37.6 Å². The van der Waals surface area contributed by atoms with Crippen molar-refractivity contribution in [1.82, 2.24) is 0 Å². The summed E-state index contributed by atoms with van der Waals surface area (Å²) in [6, 6.07) is 18.0. The van der Waals surface area contributed by atoms with E-state index in [-0.39, 0.29) is 23.3 Å². The van der Waals surface area contributed by atoms with Gasteiger partial charge in [0.1, 0.15) is 47.6 Å². The van der Waals surface area contributed by atoms with Crippen molar-refractivity contribution in [3.8, 4) is 5.75 Å². The molecule has 10 nitrogen and oxygen atoms in total. The molecule has 240 valence electrons. The van der Waals surface area contributed by atoms with E-state index in [1.807, 2.05) is 0 Å². The van der Waals surface area contributed by atoms with E-state index in [2.05, 4.69) is 5.32 Å². The van der Waals surface area contributed by atoms with Crippen molar-refractivity contribution in [2.24, 2.45) is 5.92 Å². The van der Waals surface area contributed by atoms with Gasteiger partial charge in [0, 0.05) is 19.3 Å². The molecule has 5 N–H and O–H groups in total. The number of ether oxygens (including phenoxy) is 2. The van der Waals surface area contributed by atoms with Gasteiger partial charge >= 0.3 is 10.1 Å². The zero-order valence-corrected chi connectivity index (χ0v) is 24.8. The van der Waals surface area contributed by atoms with Crippen LogP contribution in [0.5, 0.6) is 5.75 Å². The second kappa shape index (κ2) is 15.2. The number of halogens is 2. The van der Waals surface area contributed by atoms with Crippen LogP contribution in [0.2, 0.25) is 0 Å². The van der Waals surface area contributed by atoms with Crippen LogP contribution in [-0.2, 0) is 26.0 Å². The SMILES string of the molecule is CO[C@H]1O[C@H](CS(=O)(=O)Oc2ccc(C[C@@H](CC[C@H](O)c3ccc(F)cc3)CNc3ccc(F)cc3)cc2)[C@@H](O)[C@H](O)[C@H]1O. The predicted octanol–water partition coefficient (Wildman–Crippen LogP) is 2.91. The summed E-state index contributed by atoms with van der Waals surface area (Å²) in [7, 11) is -3.08. The Kier molecular flexibility index (Phi) is 11.7. The van der Waals surface area contributed by atoms with E-state index >= 15 is 0 Å². The molecule has 0 unspecified atom stereocenters. The van der Waals surface area contributed by atoms with E-state index in [1.165, 1.54) is 43.5 Å². The number of methoxy groups -OCH3 is 1. The lowest BCUT2D eigenvalue weighted by molar-refractivity contribution is -0.285. The lowest BCUT2D eigenvalue weighted by atomic mass is 9.91. The van der Waals surface area contributed by atoms with Gasteiger partial charge < -0.3 is 39.4 Å². The Morgan fingerprint density at radius 1 is 0.864 bits per heavy atom. The maximum absolute atomic E-state index is 13.3. The molecule has 0 spiro atoms. The van der Waals surface area contributed by atoms with E-state index < -0.39 is 52.7 Å². The minimum Gasteiger partial charge on any atom is -0.388 e. The molecule has 0 amide bonds. The molecule has 1 fully saturated rings. The lowest BCUT2D eigenvalue weighted by Gasteiger charge is -2.39. The first-order chi connectivity index (χ1) is 20.9. The first kappa shape index (κ1) is 33.7.